The summed E-state index contributed by atoms with van der Waals surface area (Å²) in [5, 5.41) is 6.05. The number of amides is 1. The average molecular weight is 376 g/mol. The fourth-order valence-electron chi connectivity index (χ4n) is 2.70. The number of aromatic nitrogens is 2. The van der Waals surface area contributed by atoms with E-state index in [4.69, 9.17) is 4.74 Å². The summed E-state index contributed by atoms with van der Waals surface area (Å²) in [7, 11) is 1.65. The topological polar surface area (TPSA) is 76.1 Å². The van der Waals surface area contributed by atoms with Gasteiger partial charge in [0, 0.05) is 19.3 Å². The maximum absolute atomic E-state index is 12.4. The third-order valence-corrected chi connectivity index (χ3v) is 4.29. The standard InChI is InChI=1S/C22H24N4O2/c1-16-6-8-18(9-7-16)15-25-21(27)20-11-13-24-22(26-20)23-12-10-17-4-3-5-19(14-17)28-2/h3-9,11,13-14H,10,12,15H2,1-2H3,(H,25,27)(H,23,24,26). The summed E-state index contributed by atoms with van der Waals surface area (Å²) in [6, 6.07) is 17.6. The van der Waals surface area contributed by atoms with Gasteiger partial charge in [0.15, 0.2) is 0 Å². The number of carbonyl (C=O) groups excluding carboxylic acids is 1. The van der Waals surface area contributed by atoms with Crippen LogP contribution < -0.4 is 15.4 Å². The first-order valence-corrected chi connectivity index (χ1v) is 9.17. The highest BCUT2D eigenvalue weighted by Crippen LogP contribution is 2.13. The van der Waals surface area contributed by atoms with E-state index in [0.29, 0.717) is 24.7 Å². The molecule has 0 atom stereocenters. The summed E-state index contributed by atoms with van der Waals surface area (Å²) in [6.45, 7) is 3.15. The van der Waals surface area contributed by atoms with Crippen molar-refractivity contribution < 1.29 is 9.53 Å². The molecule has 6 nitrogen and oxygen atoms in total. The fourth-order valence-corrected chi connectivity index (χ4v) is 2.70. The molecule has 1 heterocycles. The van der Waals surface area contributed by atoms with Crippen LogP contribution in [0.3, 0.4) is 0 Å². The van der Waals surface area contributed by atoms with Crippen LogP contribution in [0.15, 0.2) is 60.8 Å². The van der Waals surface area contributed by atoms with E-state index >= 15 is 0 Å². The quantitative estimate of drug-likeness (QED) is 0.630. The van der Waals surface area contributed by atoms with Crippen LogP contribution in [0, 0.1) is 6.92 Å². The number of hydrogen-bond donors (Lipinski definition) is 2. The van der Waals surface area contributed by atoms with Crippen molar-refractivity contribution in [2.24, 2.45) is 0 Å². The van der Waals surface area contributed by atoms with Crippen LogP contribution in [0.1, 0.15) is 27.2 Å². The number of carbonyl (C=O) groups is 1. The summed E-state index contributed by atoms with van der Waals surface area (Å²) in [6.07, 6.45) is 2.38. The second-order valence-electron chi connectivity index (χ2n) is 6.46. The number of rotatable bonds is 8. The molecule has 3 aromatic rings. The number of nitrogens with one attached hydrogen (secondary N) is 2. The Labute approximate surface area is 165 Å². The lowest BCUT2D eigenvalue weighted by Gasteiger charge is -2.08. The van der Waals surface area contributed by atoms with Crippen molar-refractivity contribution in [3.63, 3.8) is 0 Å². The van der Waals surface area contributed by atoms with E-state index in [9.17, 15) is 4.79 Å². The van der Waals surface area contributed by atoms with Gasteiger partial charge in [-0.25, -0.2) is 9.97 Å². The van der Waals surface area contributed by atoms with Gasteiger partial charge < -0.3 is 15.4 Å². The van der Waals surface area contributed by atoms with Crippen molar-refractivity contribution in [1.29, 1.82) is 0 Å². The Balaban J connectivity index is 1.52. The SMILES string of the molecule is COc1cccc(CCNc2nccc(C(=O)NCc3ccc(C)cc3)n2)c1. The van der Waals surface area contributed by atoms with E-state index in [2.05, 4.69) is 20.6 Å². The van der Waals surface area contributed by atoms with Gasteiger partial charge in [-0.3, -0.25) is 4.79 Å². The number of ether oxygens (including phenoxy) is 1. The lowest BCUT2D eigenvalue weighted by atomic mass is 10.1. The molecule has 0 saturated carbocycles. The molecule has 0 aliphatic rings. The monoisotopic (exact) mass is 376 g/mol. The number of benzene rings is 2. The van der Waals surface area contributed by atoms with Crippen molar-refractivity contribution in [1.82, 2.24) is 15.3 Å². The molecule has 144 valence electrons. The molecule has 0 radical (unpaired) electrons. The molecule has 0 fully saturated rings. The molecule has 28 heavy (non-hydrogen) atoms. The van der Waals surface area contributed by atoms with Gasteiger partial charge in [-0.1, -0.05) is 42.0 Å². The number of methoxy groups -OCH3 is 1. The minimum Gasteiger partial charge on any atom is -0.497 e. The summed E-state index contributed by atoms with van der Waals surface area (Å²) in [4.78, 5) is 20.9. The van der Waals surface area contributed by atoms with Crippen LogP contribution in [0.25, 0.3) is 0 Å². The fraction of sp³-hybridized carbons (Fsp3) is 0.227. The van der Waals surface area contributed by atoms with Gasteiger partial charge in [0.25, 0.3) is 5.91 Å². The zero-order valence-corrected chi connectivity index (χ0v) is 16.1. The first kappa shape index (κ1) is 19.4. The Hall–Kier alpha value is -3.41. The van der Waals surface area contributed by atoms with Crippen LogP contribution in [-0.2, 0) is 13.0 Å². The average Bonchev–Trinajstić information content (AvgIpc) is 2.73. The molecule has 0 aliphatic carbocycles. The van der Waals surface area contributed by atoms with Crippen LogP contribution >= 0.6 is 0 Å². The van der Waals surface area contributed by atoms with E-state index in [1.807, 2.05) is 55.5 Å². The van der Waals surface area contributed by atoms with Crippen LogP contribution in [-0.4, -0.2) is 29.5 Å². The van der Waals surface area contributed by atoms with E-state index in [1.54, 1.807) is 19.4 Å². The minimum atomic E-state index is -0.223. The predicted molar refractivity (Wildman–Crippen MR) is 110 cm³/mol. The predicted octanol–water partition coefficient (Wildman–Crippen LogP) is 3.38. The molecule has 0 bridgehead atoms. The van der Waals surface area contributed by atoms with E-state index in [0.717, 1.165) is 23.3 Å². The Kier molecular flexibility index (Phi) is 6.57. The zero-order chi connectivity index (χ0) is 19.8. The lowest BCUT2D eigenvalue weighted by Crippen LogP contribution is -2.24. The third kappa shape index (κ3) is 5.54. The molecular weight excluding hydrogens is 352 g/mol. The summed E-state index contributed by atoms with van der Waals surface area (Å²) in [5.41, 5.74) is 3.73. The maximum Gasteiger partial charge on any atom is 0.270 e. The molecule has 2 N–H and O–H groups in total. The normalized spacial score (nSPS) is 10.4. The van der Waals surface area contributed by atoms with Crippen molar-refractivity contribution in [3.05, 3.63) is 83.2 Å². The smallest absolute Gasteiger partial charge is 0.270 e. The number of nitrogens with zero attached hydrogens (tertiary/aromatic N) is 2. The van der Waals surface area contributed by atoms with Crippen LogP contribution in [0.2, 0.25) is 0 Å². The van der Waals surface area contributed by atoms with Crippen molar-refractivity contribution in [2.45, 2.75) is 19.9 Å². The van der Waals surface area contributed by atoms with Gasteiger partial charge >= 0.3 is 0 Å². The molecule has 0 spiro atoms. The van der Waals surface area contributed by atoms with Gasteiger partial charge in [0.2, 0.25) is 5.95 Å². The molecule has 0 aliphatic heterocycles. The Morgan fingerprint density at radius 2 is 1.89 bits per heavy atom. The molecule has 0 unspecified atom stereocenters. The maximum atomic E-state index is 12.4. The summed E-state index contributed by atoms with van der Waals surface area (Å²) < 4.78 is 5.23. The van der Waals surface area contributed by atoms with Gasteiger partial charge in [0.05, 0.1) is 7.11 Å². The second-order valence-corrected chi connectivity index (χ2v) is 6.46. The Morgan fingerprint density at radius 3 is 2.68 bits per heavy atom. The molecule has 6 heteroatoms. The molecular formula is C22H24N4O2. The molecule has 1 aromatic heterocycles. The number of aryl methyl sites for hydroxylation is 1. The van der Waals surface area contributed by atoms with Crippen molar-refractivity contribution >= 4 is 11.9 Å². The molecule has 2 aromatic carbocycles. The highest BCUT2D eigenvalue weighted by atomic mass is 16.5. The van der Waals surface area contributed by atoms with E-state index < -0.39 is 0 Å². The largest absolute Gasteiger partial charge is 0.497 e. The third-order valence-electron chi connectivity index (χ3n) is 4.29. The second kappa shape index (κ2) is 9.50. The first-order chi connectivity index (χ1) is 13.6. The first-order valence-electron chi connectivity index (χ1n) is 9.17. The zero-order valence-electron chi connectivity index (χ0n) is 16.1. The Morgan fingerprint density at radius 1 is 1.07 bits per heavy atom. The van der Waals surface area contributed by atoms with Crippen molar-refractivity contribution in [3.8, 4) is 5.75 Å². The van der Waals surface area contributed by atoms with Gasteiger partial charge in [-0.15, -0.1) is 0 Å². The Bertz CT molecular complexity index is 926. The summed E-state index contributed by atoms with van der Waals surface area (Å²) in [5.74, 6) is 1.05. The van der Waals surface area contributed by atoms with Gasteiger partial charge in [0.1, 0.15) is 11.4 Å². The summed E-state index contributed by atoms with van der Waals surface area (Å²) >= 11 is 0. The van der Waals surface area contributed by atoms with Crippen molar-refractivity contribution in [2.75, 3.05) is 19.0 Å². The van der Waals surface area contributed by atoms with Gasteiger partial charge in [-0.05, 0) is 42.7 Å². The molecule has 3 rings (SSSR count). The highest BCUT2D eigenvalue weighted by Gasteiger charge is 2.08. The lowest BCUT2D eigenvalue weighted by molar-refractivity contribution is 0.0946. The minimum absolute atomic E-state index is 0.223. The molecule has 1 amide bonds. The van der Waals surface area contributed by atoms with E-state index in [1.165, 1.54) is 5.56 Å². The van der Waals surface area contributed by atoms with Gasteiger partial charge in [-0.2, -0.15) is 0 Å². The molecule has 0 saturated heterocycles. The highest BCUT2D eigenvalue weighted by molar-refractivity contribution is 5.92. The number of hydrogen-bond acceptors (Lipinski definition) is 5. The van der Waals surface area contributed by atoms with Crippen LogP contribution in [0.4, 0.5) is 5.95 Å². The van der Waals surface area contributed by atoms with E-state index in [-0.39, 0.29) is 5.91 Å². The number of anilines is 1. The van der Waals surface area contributed by atoms with Crippen LogP contribution in [0.5, 0.6) is 5.75 Å².